The molecule has 2 aromatic carbocycles. The number of carbonyl (C=O) groups excluding carboxylic acids is 1. The Labute approximate surface area is 153 Å². The number of rotatable bonds is 8. The van der Waals surface area contributed by atoms with Crippen LogP contribution >= 0.6 is 0 Å². The highest BCUT2D eigenvalue weighted by Gasteiger charge is 2.18. The van der Waals surface area contributed by atoms with Crippen LogP contribution in [0.5, 0.6) is 0 Å². The number of nitrogens with zero attached hydrogens (tertiary/aromatic N) is 1. The molecule has 2 aromatic rings. The molecule has 0 aromatic heterocycles. The molecule has 0 fully saturated rings. The Bertz CT molecular complexity index is 824. The first kappa shape index (κ1) is 19.9. The Balaban J connectivity index is 1.91. The van der Waals surface area contributed by atoms with Crippen LogP contribution in [0.2, 0.25) is 0 Å². The minimum absolute atomic E-state index is 0.119. The van der Waals surface area contributed by atoms with E-state index in [2.05, 4.69) is 5.32 Å². The molecule has 0 heterocycles. The SMILES string of the molecule is C[C@H](NC(=O)CCCN(c1ccc(F)cc1)S(C)(=O)=O)c1ccccc1. The molecule has 2 rings (SSSR count). The van der Waals surface area contributed by atoms with Crippen LogP contribution in [0.4, 0.5) is 10.1 Å². The summed E-state index contributed by atoms with van der Waals surface area (Å²) in [6.45, 7) is 2.05. The standard InChI is InChI=1S/C19H23FN2O3S/c1-15(16-7-4-3-5-8-16)21-19(23)9-6-14-22(26(2,24)25)18-12-10-17(20)11-13-18/h3-5,7-8,10-13,15H,6,9,14H2,1-2H3,(H,21,23)/t15-/m0/s1. The zero-order valence-corrected chi connectivity index (χ0v) is 15.7. The number of anilines is 1. The van der Waals surface area contributed by atoms with Crippen molar-refractivity contribution in [3.63, 3.8) is 0 Å². The lowest BCUT2D eigenvalue weighted by Crippen LogP contribution is -2.32. The van der Waals surface area contributed by atoms with Crippen molar-refractivity contribution >= 4 is 21.6 Å². The molecule has 0 aliphatic heterocycles. The van der Waals surface area contributed by atoms with E-state index in [9.17, 15) is 17.6 Å². The van der Waals surface area contributed by atoms with E-state index in [0.29, 0.717) is 12.1 Å². The minimum atomic E-state index is -3.52. The molecule has 0 aliphatic carbocycles. The summed E-state index contributed by atoms with van der Waals surface area (Å²) in [7, 11) is -3.52. The topological polar surface area (TPSA) is 66.5 Å². The quantitative estimate of drug-likeness (QED) is 0.767. The fraction of sp³-hybridized carbons (Fsp3) is 0.316. The van der Waals surface area contributed by atoms with Crippen molar-refractivity contribution in [2.45, 2.75) is 25.8 Å². The predicted octanol–water partition coefficient (Wildman–Crippen LogP) is 3.25. The third-order valence-corrected chi connectivity index (χ3v) is 5.15. The first-order valence-corrected chi connectivity index (χ1v) is 10.2. The van der Waals surface area contributed by atoms with E-state index in [1.807, 2.05) is 37.3 Å². The van der Waals surface area contributed by atoms with Gasteiger partial charge in [-0.05, 0) is 43.2 Å². The number of sulfonamides is 1. The number of hydrogen-bond donors (Lipinski definition) is 1. The van der Waals surface area contributed by atoms with Crippen molar-refractivity contribution in [2.75, 3.05) is 17.1 Å². The predicted molar refractivity (Wildman–Crippen MR) is 101 cm³/mol. The molecule has 0 radical (unpaired) electrons. The van der Waals surface area contributed by atoms with E-state index >= 15 is 0 Å². The van der Waals surface area contributed by atoms with Crippen LogP contribution in [0.3, 0.4) is 0 Å². The monoisotopic (exact) mass is 378 g/mol. The number of halogens is 1. The Morgan fingerprint density at radius 3 is 2.31 bits per heavy atom. The van der Waals surface area contributed by atoms with Crippen molar-refractivity contribution < 1.29 is 17.6 Å². The third-order valence-electron chi connectivity index (χ3n) is 3.96. The van der Waals surface area contributed by atoms with Gasteiger partial charge >= 0.3 is 0 Å². The van der Waals surface area contributed by atoms with Crippen LogP contribution in [0, 0.1) is 5.82 Å². The summed E-state index contributed by atoms with van der Waals surface area (Å²) in [5.74, 6) is -0.578. The second-order valence-corrected chi connectivity index (χ2v) is 8.02. The van der Waals surface area contributed by atoms with Crippen LogP contribution in [0.1, 0.15) is 31.4 Å². The van der Waals surface area contributed by atoms with Gasteiger partial charge in [0.15, 0.2) is 0 Å². The Hall–Kier alpha value is -2.41. The van der Waals surface area contributed by atoms with Crippen LogP contribution in [0.25, 0.3) is 0 Å². The van der Waals surface area contributed by atoms with Gasteiger partial charge in [-0.25, -0.2) is 12.8 Å². The van der Waals surface area contributed by atoms with Gasteiger partial charge in [0, 0.05) is 13.0 Å². The number of amides is 1. The molecular weight excluding hydrogens is 355 g/mol. The van der Waals surface area contributed by atoms with Crippen LogP contribution < -0.4 is 9.62 Å². The molecular formula is C19H23FN2O3S. The van der Waals surface area contributed by atoms with Gasteiger partial charge in [0.1, 0.15) is 5.82 Å². The summed E-state index contributed by atoms with van der Waals surface area (Å²) in [6.07, 6.45) is 1.65. The maximum atomic E-state index is 13.0. The molecule has 0 aliphatic rings. The van der Waals surface area contributed by atoms with E-state index in [1.165, 1.54) is 28.6 Å². The van der Waals surface area contributed by atoms with Gasteiger partial charge in [-0.15, -0.1) is 0 Å². The molecule has 0 spiro atoms. The molecule has 1 atom stereocenters. The molecule has 1 amide bonds. The highest BCUT2D eigenvalue weighted by atomic mass is 32.2. The van der Waals surface area contributed by atoms with Crippen molar-refractivity contribution in [3.05, 3.63) is 66.0 Å². The van der Waals surface area contributed by atoms with Crippen LogP contribution in [-0.2, 0) is 14.8 Å². The molecule has 26 heavy (non-hydrogen) atoms. The average molecular weight is 378 g/mol. The van der Waals surface area contributed by atoms with Gasteiger partial charge in [-0.1, -0.05) is 30.3 Å². The Kier molecular flexibility index (Phi) is 6.74. The van der Waals surface area contributed by atoms with Gasteiger partial charge in [0.2, 0.25) is 15.9 Å². The van der Waals surface area contributed by atoms with E-state index in [4.69, 9.17) is 0 Å². The second kappa shape index (κ2) is 8.80. The zero-order valence-electron chi connectivity index (χ0n) is 14.9. The minimum Gasteiger partial charge on any atom is -0.350 e. The average Bonchev–Trinajstić information content (AvgIpc) is 2.59. The molecule has 140 valence electrons. The summed E-state index contributed by atoms with van der Waals surface area (Å²) in [4.78, 5) is 12.1. The molecule has 0 unspecified atom stereocenters. The van der Waals surface area contributed by atoms with Crippen LogP contribution in [0.15, 0.2) is 54.6 Å². The summed E-state index contributed by atoms with van der Waals surface area (Å²) in [6, 6.07) is 14.7. The molecule has 0 saturated heterocycles. The third kappa shape index (κ3) is 5.84. The highest BCUT2D eigenvalue weighted by Crippen LogP contribution is 2.19. The van der Waals surface area contributed by atoms with Crippen molar-refractivity contribution in [2.24, 2.45) is 0 Å². The second-order valence-electron chi connectivity index (χ2n) is 6.11. The van der Waals surface area contributed by atoms with Crippen molar-refractivity contribution in [3.8, 4) is 0 Å². The largest absolute Gasteiger partial charge is 0.350 e. The van der Waals surface area contributed by atoms with Crippen LogP contribution in [-0.4, -0.2) is 27.1 Å². The first-order valence-electron chi connectivity index (χ1n) is 8.35. The molecule has 0 saturated carbocycles. The maximum absolute atomic E-state index is 13.0. The smallest absolute Gasteiger partial charge is 0.232 e. The molecule has 0 bridgehead atoms. The molecule has 5 nitrogen and oxygen atoms in total. The van der Waals surface area contributed by atoms with Gasteiger partial charge in [0.25, 0.3) is 0 Å². The van der Waals surface area contributed by atoms with Gasteiger partial charge in [0.05, 0.1) is 18.0 Å². The fourth-order valence-electron chi connectivity index (χ4n) is 2.62. The zero-order chi connectivity index (χ0) is 19.2. The summed E-state index contributed by atoms with van der Waals surface area (Å²) >= 11 is 0. The Morgan fingerprint density at radius 2 is 1.73 bits per heavy atom. The highest BCUT2D eigenvalue weighted by molar-refractivity contribution is 7.92. The number of carbonyl (C=O) groups is 1. The maximum Gasteiger partial charge on any atom is 0.232 e. The normalized spacial score (nSPS) is 12.4. The van der Waals surface area contributed by atoms with Gasteiger partial charge in [-0.3, -0.25) is 9.10 Å². The van der Waals surface area contributed by atoms with Gasteiger partial charge < -0.3 is 5.32 Å². The number of hydrogen-bond acceptors (Lipinski definition) is 3. The van der Waals surface area contributed by atoms with Crippen molar-refractivity contribution in [1.29, 1.82) is 0 Å². The summed E-state index contributed by atoms with van der Waals surface area (Å²) in [5.41, 5.74) is 1.39. The van der Waals surface area contributed by atoms with E-state index in [-0.39, 0.29) is 24.9 Å². The lowest BCUT2D eigenvalue weighted by Gasteiger charge is -2.22. The van der Waals surface area contributed by atoms with E-state index in [0.717, 1.165) is 11.8 Å². The Morgan fingerprint density at radius 1 is 1.12 bits per heavy atom. The molecule has 1 N–H and O–H groups in total. The van der Waals surface area contributed by atoms with E-state index in [1.54, 1.807) is 0 Å². The van der Waals surface area contributed by atoms with Crippen molar-refractivity contribution in [1.82, 2.24) is 5.32 Å². The van der Waals surface area contributed by atoms with Gasteiger partial charge in [-0.2, -0.15) is 0 Å². The number of benzene rings is 2. The lowest BCUT2D eigenvalue weighted by atomic mass is 10.1. The number of nitrogens with one attached hydrogen (secondary N) is 1. The molecule has 7 heteroatoms. The van der Waals surface area contributed by atoms with E-state index < -0.39 is 15.8 Å². The summed E-state index contributed by atoms with van der Waals surface area (Å²) < 4.78 is 38.2. The first-order chi connectivity index (χ1) is 12.3. The fourth-order valence-corrected chi connectivity index (χ4v) is 3.58. The summed E-state index contributed by atoms with van der Waals surface area (Å²) in [5, 5.41) is 2.90. The lowest BCUT2D eigenvalue weighted by molar-refractivity contribution is -0.121.